The average Bonchev–Trinajstić information content (AvgIpc) is 2.67. The Hall–Kier alpha value is -1.43. The fourth-order valence-corrected chi connectivity index (χ4v) is 3.58. The molecule has 1 aliphatic rings. The minimum Gasteiger partial charge on any atom is -0.399 e. The van der Waals surface area contributed by atoms with Crippen LogP contribution in [-0.4, -0.2) is 20.2 Å². The van der Waals surface area contributed by atoms with E-state index in [0.717, 1.165) is 15.9 Å². The number of hydrogen-bond donors (Lipinski definition) is 1. The quantitative estimate of drug-likeness (QED) is 0.855. The van der Waals surface area contributed by atoms with Crippen LogP contribution in [0, 0.1) is 10.8 Å². The zero-order valence-electron chi connectivity index (χ0n) is 12.1. The first-order chi connectivity index (χ1) is 9.25. The molecule has 20 heavy (non-hydrogen) atoms. The van der Waals surface area contributed by atoms with Gasteiger partial charge in [0.05, 0.1) is 6.04 Å². The summed E-state index contributed by atoms with van der Waals surface area (Å²) in [6.45, 7) is 8.99. The average molecular weight is 336 g/mol. The summed E-state index contributed by atoms with van der Waals surface area (Å²) in [7, 11) is 0. The molecule has 2 N–H and O–H groups in total. The van der Waals surface area contributed by atoms with Gasteiger partial charge in [-0.3, -0.25) is 0 Å². The zero-order chi connectivity index (χ0) is 14.7. The normalized spacial score (nSPS) is 20.1. The zero-order valence-corrected chi connectivity index (χ0v) is 13.6. The highest BCUT2D eigenvalue weighted by Crippen LogP contribution is 2.71. The largest absolute Gasteiger partial charge is 0.399 e. The standard InChI is InChI=1S/C14H18BrN5/c1-13(2)12(14(13,3)4)20-11(17-18-19-20)8-5-9(15)7-10(16)6-8/h5-7,12H,16H2,1-4H3. The van der Waals surface area contributed by atoms with Crippen molar-refractivity contribution in [1.82, 2.24) is 20.2 Å². The summed E-state index contributed by atoms with van der Waals surface area (Å²) in [4.78, 5) is 0. The van der Waals surface area contributed by atoms with Crippen LogP contribution < -0.4 is 5.73 Å². The number of aromatic nitrogens is 4. The number of anilines is 1. The molecule has 0 amide bonds. The lowest BCUT2D eigenvalue weighted by Gasteiger charge is -2.07. The highest BCUT2D eigenvalue weighted by Gasteiger charge is 2.67. The van der Waals surface area contributed by atoms with E-state index in [1.165, 1.54) is 0 Å². The van der Waals surface area contributed by atoms with E-state index in [-0.39, 0.29) is 10.8 Å². The Labute approximate surface area is 126 Å². The third-order valence-electron chi connectivity index (χ3n) is 4.86. The summed E-state index contributed by atoms with van der Waals surface area (Å²) in [6, 6.07) is 6.04. The monoisotopic (exact) mass is 335 g/mol. The first kappa shape index (κ1) is 13.5. The fourth-order valence-electron chi connectivity index (χ4n) is 3.07. The number of benzene rings is 1. The number of nitrogens with two attached hydrogens (primary N) is 1. The molecule has 6 heteroatoms. The Morgan fingerprint density at radius 3 is 2.35 bits per heavy atom. The second-order valence-electron chi connectivity index (χ2n) is 6.57. The number of hydrogen-bond acceptors (Lipinski definition) is 4. The molecule has 0 aliphatic heterocycles. The highest BCUT2D eigenvalue weighted by atomic mass is 79.9. The Morgan fingerprint density at radius 2 is 1.80 bits per heavy atom. The van der Waals surface area contributed by atoms with Gasteiger partial charge >= 0.3 is 0 Å². The van der Waals surface area contributed by atoms with Crippen molar-refractivity contribution in [2.75, 3.05) is 5.73 Å². The van der Waals surface area contributed by atoms with Gasteiger partial charge in [-0.1, -0.05) is 43.6 Å². The molecule has 0 saturated heterocycles. The summed E-state index contributed by atoms with van der Waals surface area (Å²) in [5, 5.41) is 12.2. The Bertz CT molecular complexity index is 640. The maximum atomic E-state index is 5.91. The van der Waals surface area contributed by atoms with Crippen LogP contribution in [0.25, 0.3) is 11.4 Å². The van der Waals surface area contributed by atoms with Crippen molar-refractivity contribution in [2.24, 2.45) is 10.8 Å². The van der Waals surface area contributed by atoms with Gasteiger partial charge in [0.1, 0.15) is 0 Å². The van der Waals surface area contributed by atoms with Gasteiger partial charge in [0.25, 0.3) is 0 Å². The number of halogens is 1. The molecule has 1 aromatic heterocycles. The van der Waals surface area contributed by atoms with Gasteiger partial charge in [-0.25, -0.2) is 4.68 Å². The molecule has 1 aliphatic carbocycles. The number of nitrogens with zero attached hydrogens (tertiary/aromatic N) is 4. The predicted octanol–water partition coefficient (Wildman–Crippen LogP) is 3.29. The molecular formula is C14H18BrN5. The van der Waals surface area contributed by atoms with Gasteiger partial charge in [0.2, 0.25) is 0 Å². The molecule has 1 heterocycles. The van der Waals surface area contributed by atoms with E-state index in [1.807, 2.05) is 22.9 Å². The number of rotatable bonds is 2. The molecule has 1 aromatic carbocycles. The van der Waals surface area contributed by atoms with Crippen molar-refractivity contribution >= 4 is 21.6 Å². The van der Waals surface area contributed by atoms with Gasteiger partial charge in [0, 0.05) is 15.7 Å². The van der Waals surface area contributed by atoms with E-state index in [1.54, 1.807) is 0 Å². The summed E-state index contributed by atoms with van der Waals surface area (Å²) in [5.41, 5.74) is 7.88. The second kappa shape index (κ2) is 4.04. The first-order valence-electron chi connectivity index (χ1n) is 6.59. The third kappa shape index (κ3) is 1.78. The van der Waals surface area contributed by atoms with E-state index in [4.69, 9.17) is 5.73 Å². The Morgan fingerprint density at radius 1 is 1.15 bits per heavy atom. The maximum absolute atomic E-state index is 5.91. The lowest BCUT2D eigenvalue weighted by atomic mass is 10.0. The maximum Gasteiger partial charge on any atom is 0.182 e. The van der Waals surface area contributed by atoms with Crippen molar-refractivity contribution in [2.45, 2.75) is 33.7 Å². The third-order valence-corrected chi connectivity index (χ3v) is 5.32. The van der Waals surface area contributed by atoms with Crippen LogP contribution in [0.2, 0.25) is 0 Å². The summed E-state index contributed by atoms with van der Waals surface area (Å²) in [6.07, 6.45) is 0. The van der Waals surface area contributed by atoms with Crippen LogP contribution >= 0.6 is 15.9 Å². The smallest absolute Gasteiger partial charge is 0.182 e. The fraction of sp³-hybridized carbons (Fsp3) is 0.500. The van der Waals surface area contributed by atoms with E-state index < -0.39 is 0 Å². The van der Waals surface area contributed by atoms with E-state index in [2.05, 4.69) is 59.2 Å². The number of nitrogen functional groups attached to an aromatic ring is 1. The molecule has 0 radical (unpaired) electrons. The first-order valence-corrected chi connectivity index (χ1v) is 7.39. The molecule has 0 atom stereocenters. The van der Waals surface area contributed by atoms with Crippen molar-refractivity contribution in [1.29, 1.82) is 0 Å². The van der Waals surface area contributed by atoms with Gasteiger partial charge in [-0.15, -0.1) is 5.10 Å². The predicted molar refractivity (Wildman–Crippen MR) is 82.0 cm³/mol. The summed E-state index contributed by atoms with van der Waals surface area (Å²) in [5.74, 6) is 0.765. The molecule has 1 saturated carbocycles. The van der Waals surface area contributed by atoms with Crippen molar-refractivity contribution in [3.8, 4) is 11.4 Å². The Kier molecular flexibility index (Phi) is 2.73. The van der Waals surface area contributed by atoms with Crippen molar-refractivity contribution in [3.63, 3.8) is 0 Å². The van der Waals surface area contributed by atoms with Crippen molar-refractivity contribution in [3.05, 3.63) is 22.7 Å². The van der Waals surface area contributed by atoms with Crippen LogP contribution in [-0.2, 0) is 0 Å². The Balaban J connectivity index is 2.08. The molecular weight excluding hydrogens is 318 g/mol. The van der Waals surface area contributed by atoms with E-state index >= 15 is 0 Å². The van der Waals surface area contributed by atoms with Crippen molar-refractivity contribution < 1.29 is 0 Å². The van der Waals surface area contributed by atoms with Gasteiger partial charge < -0.3 is 5.73 Å². The SMILES string of the molecule is CC1(C)C(n2nnnc2-c2cc(N)cc(Br)c2)C1(C)C. The number of tetrazole rings is 1. The molecule has 3 rings (SSSR count). The second-order valence-corrected chi connectivity index (χ2v) is 7.48. The van der Waals surface area contributed by atoms with Gasteiger partial charge in [-0.05, 0) is 39.5 Å². The molecule has 106 valence electrons. The summed E-state index contributed by atoms with van der Waals surface area (Å²) >= 11 is 3.46. The molecule has 0 bridgehead atoms. The van der Waals surface area contributed by atoms with Crippen LogP contribution in [0.1, 0.15) is 33.7 Å². The van der Waals surface area contributed by atoms with Gasteiger partial charge in [-0.2, -0.15) is 0 Å². The molecule has 2 aromatic rings. The summed E-state index contributed by atoms with van der Waals surface area (Å²) < 4.78 is 2.86. The van der Waals surface area contributed by atoms with E-state index in [0.29, 0.717) is 11.7 Å². The van der Waals surface area contributed by atoms with Gasteiger partial charge in [0.15, 0.2) is 5.82 Å². The highest BCUT2D eigenvalue weighted by molar-refractivity contribution is 9.10. The van der Waals surface area contributed by atoms with Crippen LogP contribution in [0.3, 0.4) is 0 Å². The topological polar surface area (TPSA) is 69.6 Å². The minimum absolute atomic E-state index is 0.175. The van der Waals surface area contributed by atoms with Crippen LogP contribution in [0.15, 0.2) is 22.7 Å². The van der Waals surface area contributed by atoms with Crippen LogP contribution in [0.4, 0.5) is 5.69 Å². The van der Waals surface area contributed by atoms with E-state index in [9.17, 15) is 0 Å². The molecule has 0 spiro atoms. The lowest BCUT2D eigenvalue weighted by molar-refractivity contribution is 0.457. The minimum atomic E-state index is 0.175. The molecule has 0 unspecified atom stereocenters. The lowest BCUT2D eigenvalue weighted by Crippen LogP contribution is -2.06. The molecule has 1 fully saturated rings. The van der Waals surface area contributed by atoms with Crippen LogP contribution in [0.5, 0.6) is 0 Å². The molecule has 5 nitrogen and oxygen atoms in total.